The van der Waals surface area contributed by atoms with Gasteiger partial charge in [0.25, 0.3) is 0 Å². The number of hydrogen-bond acceptors (Lipinski definition) is 1. The number of hydrogen-bond donors (Lipinski definition) is 1. The lowest BCUT2D eigenvalue weighted by Crippen LogP contribution is -1.90. The van der Waals surface area contributed by atoms with Gasteiger partial charge >= 0.3 is 0 Å². The van der Waals surface area contributed by atoms with E-state index in [1.54, 1.807) is 0 Å². The third kappa shape index (κ3) is 1.65. The molecule has 0 atom stereocenters. The molecule has 0 saturated heterocycles. The van der Waals surface area contributed by atoms with Crippen molar-refractivity contribution in [1.29, 1.82) is 0 Å². The van der Waals surface area contributed by atoms with E-state index in [1.807, 2.05) is 0 Å². The highest BCUT2D eigenvalue weighted by atomic mass is 16.2. The maximum atomic E-state index is 8.88. The zero-order valence-electron chi connectivity index (χ0n) is 7.66. The van der Waals surface area contributed by atoms with Gasteiger partial charge in [0.05, 0.1) is 0 Å². The van der Waals surface area contributed by atoms with E-state index in [0.717, 1.165) is 19.3 Å². The summed E-state index contributed by atoms with van der Waals surface area (Å²) in [5.41, 5.74) is 4.07. The third-order valence-electron chi connectivity index (χ3n) is 2.53. The van der Waals surface area contributed by atoms with Crippen LogP contribution in [0.2, 0.25) is 0 Å². The van der Waals surface area contributed by atoms with Crippen LogP contribution >= 0.6 is 0 Å². The van der Waals surface area contributed by atoms with Crippen molar-refractivity contribution in [2.24, 2.45) is 0 Å². The zero-order valence-corrected chi connectivity index (χ0v) is 7.66. The minimum absolute atomic E-state index is 0.250. The number of aliphatic hydroxyl groups excluding tert-OH is 1. The summed E-state index contributed by atoms with van der Waals surface area (Å²) in [5, 5.41) is 8.88. The van der Waals surface area contributed by atoms with Crippen LogP contribution in [-0.4, -0.2) is 11.7 Å². The first-order chi connectivity index (χ1) is 6.42. The molecule has 0 saturated carbocycles. The van der Waals surface area contributed by atoms with Gasteiger partial charge in [-0.2, -0.15) is 0 Å². The van der Waals surface area contributed by atoms with Crippen molar-refractivity contribution in [2.45, 2.75) is 19.3 Å². The number of aliphatic hydroxyl groups is 1. The molecule has 0 heterocycles. The average Bonchev–Trinajstić information content (AvgIpc) is 2.71. The summed E-state index contributed by atoms with van der Waals surface area (Å²) >= 11 is 0. The molecule has 0 amide bonds. The predicted molar refractivity (Wildman–Crippen MR) is 54.3 cm³/mol. The molecule has 0 aromatic carbocycles. The van der Waals surface area contributed by atoms with Crippen LogP contribution in [0.5, 0.6) is 0 Å². The Kier molecular flexibility index (Phi) is 2.46. The molecule has 2 rings (SSSR count). The van der Waals surface area contributed by atoms with Gasteiger partial charge in [0.1, 0.15) is 0 Å². The fourth-order valence-electron chi connectivity index (χ4n) is 1.89. The monoisotopic (exact) mass is 174 g/mol. The average molecular weight is 174 g/mol. The van der Waals surface area contributed by atoms with Crippen LogP contribution in [0.4, 0.5) is 0 Å². The molecule has 2 aliphatic carbocycles. The van der Waals surface area contributed by atoms with Crippen molar-refractivity contribution >= 4 is 0 Å². The normalized spacial score (nSPS) is 20.2. The van der Waals surface area contributed by atoms with Crippen molar-refractivity contribution in [3.63, 3.8) is 0 Å². The maximum Gasteiger partial charge on any atom is 0.0471 e. The Labute approximate surface area is 78.8 Å². The molecule has 0 bridgehead atoms. The molecule has 1 N–H and O–H groups in total. The molecule has 0 radical (unpaired) electrons. The molecule has 0 fully saturated rings. The molecule has 68 valence electrons. The van der Waals surface area contributed by atoms with Crippen LogP contribution in [0.25, 0.3) is 0 Å². The topological polar surface area (TPSA) is 20.2 Å². The second-order valence-electron chi connectivity index (χ2n) is 3.38. The first-order valence-corrected chi connectivity index (χ1v) is 4.78. The lowest BCUT2D eigenvalue weighted by molar-refractivity contribution is 0.300. The largest absolute Gasteiger partial charge is 0.396 e. The van der Waals surface area contributed by atoms with Gasteiger partial charge in [0.2, 0.25) is 0 Å². The molecular formula is C12H14O. The van der Waals surface area contributed by atoms with E-state index in [-0.39, 0.29) is 6.61 Å². The molecule has 0 aliphatic heterocycles. The van der Waals surface area contributed by atoms with Crippen molar-refractivity contribution in [3.05, 3.63) is 47.1 Å². The van der Waals surface area contributed by atoms with E-state index < -0.39 is 0 Å². The van der Waals surface area contributed by atoms with E-state index in [2.05, 4.69) is 30.4 Å². The van der Waals surface area contributed by atoms with Gasteiger partial charge in [-0.25, -0.2) is 0 Å². The Morgan fingerprint density at radius 1 is 1.23 bits per heavy atom. The highest BCUT2D eigenvalue weighted by molar-refractivity contribution is 5.52. The van der Waals surface area contributed by atoms with Crippen LogP contribution < -0.4 is 0 Å². The summed E-state index contributed by atoms with van der Waals surface area (Å²) in [5.74, 6) is 0. The number of rotatable bonds is 3. The SMILES string of the molecule is OCCC1=C(C2=CCC=C2)CC=C1. The minimum atomic E-state index is 0.250. The molecular weight excluding hydrogens is 160 g/mol. The third-order valence-corrected chi connectivity index (χ3v) is 2.53. The molecule has 0 spiro atoms. The maximum absolute atomic E-state index is 8.88. The quantitative estimate of drug-likeness (QED) is 0.697. The lowest BCUT2D eigenvalue weighted by Gasteiger charge is -2.05. The lowest BCUT2D eigenvalue weighted by atomic mass is 10.0. The standard InChI is InChI=1S/C12H14O/c13-9-8-11-6-3-7-12(11)10-4-1-2-5-10/h1,3-6,13H,2,7-9H2. The second kappa shape index (κ2) is 3.75. The highest BCUT2D eigenvalue weighted by Gasteiger charge is 2.12. The van der Waals surface area contributed by atoms with Crippen molar-refractivity contribution in [2.75, 3.05) is 6.61 Å². The van der Waals surface area contributed by atoms with Gasteiger partial charge in [0.15, 0.2) is 0 Å². The molecule has 1 heteroatoms. The first-order valence-electron chi connectivity index (χ1n) is 4.78. The summed E-state index contributed by atoms with van der Waals surface area (Å²) in [6.45, 7) is 0.250. The molecule has 0 aromatic heterocycles. The van der Waals surface area contributed by atoms with Gasteiger partial charge in [-0.1, -0.05) is 30.4 Å². The van der Waals surface area contributed by atoms with E-state index in [0.29, 0.717) is 0 Å². The smallest absolute Gasteiger partial charge is 0.0471 e. The summed E-state index contributed by atoms with van der Waals surface area (Å²) in [7, 11) is 0. The van der Waals surface area contributed by atoms with E-state index >= 15 is 0 Å². The Morgan fingerprint density at radius 3 is 2.85 bits per heavy atom. The number of allylic oxidation sites excluding steroid dienone is 7. The fraction of sp³-hybridized carbons (Fsp3) is 0.333. The van der Waals surface area contributed by atoms with E-state index in [1.165, 1.54) is 16.7 Å². The van der Waals surface area contributed by atoms with Crippen LogP contribution in [0.1, 0.15) is 19.3 Å². The Bertz CT molecular complexity index is 316. The molecule has 2 aliphatic rings. The zero-order chi connectivity index (χ0) is 9.10. The first kappa shape index (κ1) is 8.52. The summed E-state index contributed by atoms with van der Waals surface area (Å²) in [4.78, 5) is 0. The second-order valence-corrected chi connectivity index (χ2v) is 3.38. The fourth-order valence-corrected chi connectivity index (χ4v) is 1.89. The van der Waals surface area contributed by atoms with Crippen LogP contribution in [0.3, 0.4) is 0 Å². The highest BCUT2D eigenvalue weighted by Crippen LogP contribution is 2.30. The van der Waals surface area contributed by atoms with Crippen molar-refractivity contribution in [1.82, 2.24) is 0 Å². The van der Waals surface area contributed by atoms with Gasteiger partial charge in [0, 0.05) is 6.61 Å². The van der Waals surface area contributed by atoms with Gasteiger partial charge in [-0.05, 0) is 36.0 Å². The Balaban J connectivity index is 2.21. The van der Waals surface area contributed by atoms with E-state index in [9.17, 15) is 0 Å². The van der Waals surface area contributed by atoms with Crippen molar-refractivity contribution in [3.8, 4) is 0 Å². The van der Waals surface area contributed by atoms with Crippen LogP contribution in [-0.2, 0) is 0 Å². The molecule has 0 aromatic rings. The van der Waals surface area contributed by atoms with Crippen LogP contribution in [0.15, 0.2) is 47.1 Å². The summed E-state index contributed by atoms with van der Waals surface area (Å²) < 4.78 is 0. The minimum Gasteiger partial charge on any atom is -0.396 e. The summed E-state index contributed by atoms with van der Waals surface area (Å²) in [6, 6.07) is 0. The Hall–Kier alpha value is -1.08. The van der Waals surface area contributed by atoms with Gasteiger partial charge in [-0.3, -0.25) is 0 Å². The molecule has 0 unspecified atom stereocenters. The van der Waals surface area contributed by atoms with E-state index in [4.69, 9.17) is 5.11 Å². The van der Waals surface area contributed by atoms with Crippen LogP contribution in [0, 0.1) is 0 Å². The predicted octanol–water partition coefficient (Wildman–Crippen LogP) is 2.51. The molecule has 1 nitrogen and oxygen atoms in total. The van der Waals surface area contributed by atoms with Gasteiger partial charge < -0.3 is 5.11 Å². The van der Waals surface area contributed by atoms with Gasteiger partial charge in [-0.15, -0.1) is 0 Å². The summed E-state index contributed by atoms with van der Waals surface area (Å²) in [6.07, 6.45) is 13.8. The van der Waals surface area contributed by atoms with Crippen molar-refractivity contribution < 1.29 is 5.11 Å². The Morgan fingerprint density at radius 2 is 2.15 bits per heavy atom. The molecule has 13 heavy (non-hydrogen) atoms.